The van der Waals surface area contributed by atoms with Crippen LogP contribution in [0.2, 0.25) is 0 Å². The molecule has 9 rings (SSSR count). The molecule has 0 fully saturated rings. The van der Waals surface area contributed by atoms with Crippen molar-refractivity contribution in [1.82, 2.24) is 14.1 Å². The van der Waals surface area contributed by atoms with Gasteiger partial charge in [0.05, 0.1) is 22.4 Å². The van der Waals surface area contributed by atoms with Crippen molar-refractivity contribution in [3.8, 4) is 33.9 Å². The molecule has 3 heteroatoms. The number of pyridine rings is 1. The van der Waals surface area contributed by atoms with Crippen molar-refractivity contribution >= 4 is 27.9 Å². The highest BCUT2D eigenvalue weighted by molar-refractivity contribution is 5.91. The molecule has 44 heavy (non-hydrogen) atoms. The van der Waals surface area contributed by atoms with Crippen molar-refractivity contribution < 1.29 is 0 Å². The minimum absolute atomic E-state index is 0.986. The Morgan fingerprint density at radius 3 is 1.89 bits per heavy atom. The van der Waals surface area contributed by atoms with Crippen LogP contribution in [-0.4, -0.2) is 14.1 Å². The van der Waals surface area contributed by atoms with Crippen LogP contribution < -0.4 is 0 Å². The molecular formula is C41H33N3. The average Bonchev–Trinajstić information content (AvgIpc) is 3.62. The number of para-hydroxylation sites is 2. The number of hydrogen-bond acceptors (Lipinski definition) is 1. The molecule has 0 atom stereocenters. The summed E-state index contributed by atoms with van der Waals surface area (Å²) in [5.41, 5.74) is 15.0. The first-order chi connectivity index (χ1) is 21.8. The van der Waals surface area contributed by atoms with Gasteiger partial charge in [0.15, 0.2) is 0 Å². The molecule has 2 aliphatic rings. The van der Waals surface area contributed by atoms with E-state index < -0.39 is 0 Å². The topological polar surface area (TPSA) is 22.8 Å². The molecule has 0 saturated carbocycles. The third-order valence-corrected chi connectivity index (χ3v) is 9.58. The van der Waals surface area contributed by atoms with E-state index in [0.29, 0.717) is 0 Å². The van der Waals surface area contributed by atoms with Crippen LogP contribution in [0.3, 0.4) is 0 Å². The zero-order chi connectivity index (χ0) is 29.0. The van der Waals surface area contributed by atoms with Crippen molar-refractivity contribution in [3.63, 3.8) is 0 Å². The van der Waals surface area contributed by atoms with Gasteiger partial charge in [-0.05, 0) is 104 Å². The Balaban J connectivity index is 1.13. The van der Waals surface area contributed by atoms with Gasteiger partial charge in [-0.1, -0.05) is 72.8 Å². The predicted molar refractivity (Wildman–Crippen MR) is 183 cm³/mol. The predicted octanol–water partition coefficient (Wildman–Crippen LogP) is 10.1. The van der Waals surface area contributed by atoms with E-state index >= 15 is 0 Å². The van der Waals surface area contributed by atoms with Gasteiger partial charge in [0.2, 0.25) is 0 Å². The Morgan fingerprint density at radius 1 is 0.523 bits per heavy atom. The summed E-state index contributed by atoms with van der Waals surface area (Å²) in [4.78, 5) is 5.23. The Kier molecular flexibility index (Phi) is 5.90. The number of benzene rings is 4. The highest BCUT2D eigenvalue weighted by Crippen LogP contribution is 2.37. The Morgan fingerprint density at radius 2 is 1.14 bits per heavy atom. The normalized spacial score (nSPS) is 14.2. The van der Waals surface area contributed by atoms with Gasteiger partial charge in [0, 0.05) is 44.7 Å². The molecule has 0 radical (unpaired) electrons. The van der Waals surface area contributed by atoms with E-state index in [1.165, 1.54) is 75.0 Å². The van der Waals surface area contributed by atoms with Crippen molar-refractivity contribution in [1.29, 1.82) is 0 Å². The van der Waals surface area contributed by atoms with E-state index in [4.69, 9.17) is 4.98 Å². The number of aromatic nitrogens is 3. The zero-order valence-corrected chi connectivity index (χ0v) is 24.7. The quantitative estimate of drug-likeness (QED) is 0.207. The van der Waals surface area contributed by atoms with Crippen LogP contribution >= 0.6 is 0 Å². The monoisotopic (exact) mass is 567 g/mol. The molecule has 0 spiro atoms. The first-order valence-corrected chi connectivity index (χ1v) is 15.9. The van der Waals surface area contributed by atoms with E-state index in [9.17, 15) is 0 Å². The smallest absolute Gasteiger partial charge is 0.0710 e. The molecule has 0 unspecified atom stereocenters. The number of hydrogen-bond donors (Lipinski definition) is 0. The molecule has 3 aromatic heterocycles. The van der Waals surface area contributed by atoms with Gasteiger partial charge in [0.25, 0.3) is 0 Å². The average molecular weight is 568 g/mol. The third-order valence-electron chi connectivity index (χ3n) is 9.58. The number of fused-ring (bicyclic) bond motifs is 6. The molecule has 4 aromatic carbocycles. The van der Waals surface area contributed by atoms with Crippen molar-refractivity contribution in [3.05, 3.63) is 144 Å². The van der Waals surface area contributed by atoms with Gasteiger partial charge >= 0.3 is 0 Å². The van der Waals surface area contributed by atoms with E-state index in [1.807, 2.05) is 0 Å². The molecule has 3 heterocycles. The first-order valence-electron chi connectivity index (χ1n) is 15.9. The van der Waals surface area contributed by atoms with E-state index in [2.05, 4.69) is 137 Å². The maximum atomic E-state index is 5.23. The lowest BCUT2D eigenvalue weighted by molar-refractivity contribution is 0.667. The van der Waals surface area contributed by atoms with Crippen molar-refractivity contribution in [2.24, 2.45) is 0 Å². The van der Waals surface area contributed by atoms with Crippen molar-refractivity contribution in [2.45, 2.75) is 38.5 Å². The summed E-state index contributed by atoms with van der Waals surface area (Å²) in [6.45, 7) is 0. The molecule has 2 aliphatic carbocycles. The lowest BCUT2D eigenvalue weighted by Gasteiger charge is -2.17. The summed E-state index contributed by atoms with van der Waals surface area (Å²) in [5, 5.41) is 2.76. The minimum Gasteiger partial charge on any atom is -0.313 e. The van der Waals surface area contributed by atoms with Gasteiger partial charge in [-0.25, -0.2) is 4.98 Å². The molecule has 0 aliphatic heterocycles. The summed E-state index contributed by atoms with van der Waals surface area (Å²) < 4.78 is 4.91. The molecule has 0 amide bonds. The standard InChI is InChI=1S/C41H33N3/c1-5-22-38-32(16-1)33-17-2-6-23-39(33)43(38)30-14-9-12-28(26-30)36-20-11-21-37(42-36)29-13-10-15-31(27-29)44-40-24-7-3-18-34(40)35-19-4-8-25-41(35)44/h1,3,5-7,9-16,18,20-24,26-27H,2,4,8,17,19,25H2. The van der Waals surface area contributed by atoms with E-state index in [1.54, 1.807) is 0 Å². The summed E-state index contributed by atoms with van der Waals surface area (Å²) in [6.07, 6.45) is 11.6. The second-order valence-corrected chi connectivity index (χ2v) is 12.2. The first kappa shape index (κ1) is 25.4. The largest absolute Gasteiger partial charge is 0.313 e. The second-order valence-electron chi connectivity index (χ2n) is 12.2. The summed E-state index contributed by atoms with van der Waals surface area (Å²) >= 11 is 0. The SMILES string of the molecule is C1=Cc2c(c3ccccc3n2-c2cccc(-c3cccc(-c4cccc(-n5c6c(c7ccccc75)CCCC6)c4)n3)c2)CC1. The van der Waals surface area contributed by atoms with Crippen LogP contribution in [0.25, 0.3) is 61.8 Å². The van der Waals surface area contributed by atoms with Gasteiger partial charge in [0.1, 0.15) is 0 Å². The summed E-state index contributed by atoms with van der Waals surface area (Å²) in [7, 11) is 0. The maximum absolute atomic E-state index is 5.23. The summed E-state index contributed by atoms with van der Waals surface area (Å²) in [6, 6.07) is 41.9. The molecular weight excluding hydrogens is 534 g/mol. The highest BCUT2D eigenvalue weighted by atomic mass is 15.0. The number of allylic oxidation sites excluding steroid dienone is 1. The Hall–Kier alpha value is -5.15. The van der Waals surface area contributed by atoms with Crippen LogP contribution in [0.1, 0.15) is 41.8 Å². The molecule has 7 aromatic rings. The molecule has 0 saturated heterocycles. The third kappa shape index (κ3) is 4.00. The second kappa shape index (κ2) is 10.2. The zero-order valence-electron chi connectivity index (χ0n) is 24.7. The maximum Gasteiger partial charge on any atom is 0.0710 e. The lowest BCUT2D eigenvalue weighted by Crippen LogP contribution is -2.07. The van der Waals surface area contributed by atoms with Gasteiger partial charge < -0.3 is 9.13 Å². The van der Waals surface area contributed by atoms with Crippen LogP contribution in [0.5, 0.6) is 0 Å². The fraction of sp³-hybridized carbons (Fsp3) is 0.146. The molecule has 3 nitrogen and oxygen atoms in total. The number of nitrogens with zero attached hydrogens (tertiary/aromatic N) is 3. The van der Waals surface area contributed by atoms with E-state index in [0.717, 1.165) is 41.8 Å². The van der Waals surface area contributed by atoms with Crippen LogP contribution in [-0.2, 0) is 19.3 Å². The van der Waals surface area contributed by atoms with Gasteiger partial charge in [-0.3, -0.25) is 0 Å². The Bertz CT molecular complexity index is 2240. The van der Waals surface area contributed by atoms with Crippen LogP contribution in [0.15, 0.2) is 121 Å². The van der Waals surface area contributed by atoms with Gasteiger partial charge in [-0.15, -0.1) is 0 Å². The van der Waals surface area contributed by atoms with Crippen LogP contribution in [0, 0.1) is 0 Å². The Labute approximate surface area is 257 Å². The minimum atomic E-state index is 0.986. The highest BCUT2D eigenvalue weighted by Gasteiger charge is 2.21. The van der Waals surface area contributed by atoms with E-state index in [-0.39, 0.29) is 0 Å². The number of aryl methyl sites for hydroxylation is 2. The van der Waals surface area contributed by atoms with Crippen LogP contribution in [0.4, 0.5) is 0 Å². The van der Waals surface area contributed by atoms with Gasteiger partial charge in [-0.2, -0.15) is 0 Å². The fourth-order valence-electron chi connectivity index (χ4n) is 7.62. The fourth-order valence-corrected chi connectivity index (χ4v) is 7.62. The molecule has 0 bridgehead atoms. The molecule has 0 N–H and O–H groups in total. The lowest BCUT2D eigenvalue weighted by atomic mass is 9.95. The van der Waals surface area contributed by atoms with Crippen molar-refractivity contribution in [2.75, 3.05) is 0 Å². The molecule has 212 valence electrons. The number of rotatable bonds is 4. The summed E-state index contributed by atoms with van der Waals surface area (Å²) in [5.74, 6) is 0.